The fraction of sp³-hybridized carbons (Fsp3) is 0.900. The van der Waals surface area contributed by atoms with E-state index in [-0.39, 0.29) is 0 Å². The molecular formula is C10H17ClO3. The summed E-state index contributed by atoms with van der Waals surface area (Å²) in [5.41, 5.74) is -0.957. The summed E-state index contributed by atoms with van der Waals surface area (Å²) in [6.07, 6.45) is 3.07. The number of carboxylic acid groups (broad SMARTS) is 1. The second kappa shape index (κ2) is 4.99. The van der Waals surface area contributed by atoms with E-state index >= 15 is 0 Å². The molecular weight excluding hydrogens is 204 g/mol. The molecule has 1 fully saturated rings. The normalized spacial score (nSPS) is 32.9. The van der Waals surface area contributed by atoms with Gasteiger partial charge in [0.05, 0.1) is 6.61 Å². The van der Waals surface area contributed by atoms with Crippen LogP contribution in [-0.2, 0) is 9.53 Å². The summed E-state index contributed by atoms with van der Waals surface area (Å²) in [4.78, 5) is 11.1. The summed E-state index contributed by atoms with van der Waals surface area (Å²) < 4.78 is 5.40. The molecule has 0 heterocycles. The van der Waals surface area contributed by atoms with Crippen molar-refractivity contribution in [1.29, 1.82) is 0 Å². The minimum absolute atomic E-state index is 0.322. The third-order valence-corrected chi connectivity index (χ3v) is 3.08. The number of hydrogen-bond donors (Lipinski definition) is 1. The van der Waals surface area contributed by atoms with Crippen LogP contribution in [-0.4, -0.2) is 29.2 Å². The Bertz CT molecular complexity index is 192. The molecule has 0 atom stereocenters. The average molecular weight is 221 g/mol. The molecule has 0 amide bonds. The predicted molar refractivity (Wildman–Crippen MR) is 54.7 cm³/mol. The first-order valence-corrected chi connectivity index (χ1v) is 5.57. The van der Waals surface area contributed by atoms with Crippen molar-refractivity contribution in [2.24, 2.45) is 5.92 Å². The lowest BCUT2D eigenvalue weighted by Crippen LogP contribution is -2.45. The highest BCUT2D eigenvalue weighted by Gasteiger charge is 2.42. The van der Waals surface area contributed by atoms with Crippen molar-refractivity contribution in [2.75, 3.05) is 12.5 Å². The maximum Gasteiger partial charge on any atom is 0.335 e. The molecule has 1 N–H and O–H groups in total. The summed E-state index contributed by atoms with van der Waals surface area (Å²) >= 11 is 5.50. The third-order valence-electron chi connectivity index (χ3n) is 2.93. The summed E-state index contributed by atoms with van der Waals surface area (Å²) in [7, 11) is 0. The van der Waals surface area contributed by atoms with Crippen molar-refractivity contribution in [3.05, 3.63) is 0 Å². The molecule has 1 aliphatic carbocycles. The van der Waals surface area contributed by atoms with Crippen molar-refractivity contribution in [3.63, 3.8) is 0 Å². The van der Waals surface area contributed by atoms with E-state index in [1.54, 1.807) is 0 Å². The number of ether oxygens (including phenoxy) is 1. The van der Waals surface area contributed by atoms with Gasteiger partial charge in [0.2, 0.25) is 0 Å². The van der Waals surface area contributed by atoms with Crippen LogP contribution in [0.3, 0.4) is 0 Å². The zero-order valence-corrected chi connectivity index (χ0v) is 9.22. The first-order chi connectivity index (χ1) is 6.60. The molecule has 1 saturated carbocycles. The number of aliphatic carboxylic acids is 1. The van der Waals surface area contributed by atoms with Gasteiger partial charge >= 0.3 is 5.97 Å². The van der Waals surface area contributed by atoms with Crippen LogP contribution in [0.5, 0.6) is 0 Å². The fourth-order valence-corrected chi connectivity index (χ4v) is 1.96. The topological polar surface area (TPSA) is 46.5 Å². The summed E-state index contributed by atoms with van der Waals surface area (Å²) in [5, 5.41) is 9.13. The maximum atomic E-state index is 11.1. The highest BCUT2D eigenvalue weighted by molar-refractivity contribution is 6.18. The van der Waals surface area contributed by atoms with E-state index < -0.39 is 11.6 Å². The lowest BCUT2D eigenvalue weighted by atomic mass is 9.79. The molecule has 0 aromatic rings. The first-order valence-electron chi connectivity index (χ1n) is 5.04. The van der Waals surface area contributed by atoms with Crippen molar-refractivity contribution in [2.45, 2.75) is 38.2 Å². The Morgan fingerprint density at radius 1 is 1.57 bits per heavy atom. The van der Waals surface area contributed by atoms with E-state index in [4.69, 9.17) is 21.4 Å². The standard InChI is InChI=1S/C10H17ClO3/c1-8-2-4-10(5-3-8,9(12)13)14-7-6-11/h8H,2-7H2,1H3,(H,12,13). The summed E-state index contributed by atoms with van der Waals surface area (Å²) in [6.45, 7) is 2.47. The van der Waals surface area contributed by atoms with Crippen molar-refractivity contribution < 1.29 is 14.6 Å². The van der Waals surface area contributed by atoms with Gasteiger partial charge in [-0.3, -0.25) is 0 Å². The van der Waals surface area contributed by atoms with Crippen LogP contribution < -0.4 is 0 Å². The number of alkyl halides is 1. The molecule has 0 spiro atoms. The van der Waals surface area contributed by atoms with Gasteiger partial charge in [-0.05, 0) is 31.6 Å². The fourth-order valence-electron chi connectivity index (χ4n) is 1.88. The first kappa shape index (κ1) is 11.8. The van der Waals surface area contributed by atoms with E-state index in [9.17, 15) is 4.79 Å². The summed E-state index contributed by atoms with van der Waals surface area (Å²) in [5.74, 6) is 0.126. The zero-order valence-electron chi connectivity index (χ0n) is 8.46. The van der Waals surface area contributed by atoms with Gasteiger partial charge in [-0.2, -0.15) is 0 Å². The SMILES string of the molecule is CC1CCC(OCCCl)(C(=O)O)CC1. The molecule has 3 nitrogen and oxygen atoms in total. The third kappa shape index (κ3) is 2.61. The van der Waals surface area contributed by atoms with Crippen LogP contribution in [0.4, 0.5) is 0 Å². The molecule has 0 bridgehead atoms. The van der Waals surface area contributed by atoms with E-state index in [1.165, 1.54) is 0 Å². The van der Waals surface area contributed by atoms with E-state index in [2.05, 4.69) is 6.92 Å². The lowest BCUT2D eigenvalue weighted by molar-refractivity contribution is -0.171. The van der Waals surface area contributed by atoms with Gasteiger partial charge in [-0.25, -0.2) is 4.79 Å². The lowest BCUT2D eigenvalue weighted by Gasteiger charge is -2.35. The van der Waals surface area contributed by atoms with E-state index in [0.29, 0.717) is 31.2 Å². The minimum Gasteiger partial charge on any atom is -0.479 e. The van der Waals surface area contributed by atoms with Gasteiger partial charge in [0.15, 0.2) is 5.60 Å². The second-order valence-electron chi connectivity index (χ2n) is 4.02. The summed E-state index contributed by atoms with van der Waals surface area (Å²) in [6, 6.07) is 0. The van der Waals surface area contributed by atoms with Gasteiger partial charge in [-0.15, -0.1) is 11.6 Å². The van der Waals surface area contributed by atoms with Gasteiger partial charge in [-0.1, -0.05) is 6.92 Å². The molecule has 0 saturated heterocycles. The van der Waals surface area contributed by atoms with Gasteiger partial charge in [0.25, 0.3) is 0 Å². The van der Waals surface area contributed by atoms with Crippen LogP contribution >= 0.6 is 11.6 Å². The predicted octanol–water partition coefficient (Wildman–Crippen LogP) is 2.28. The smallest absolute Gasteiger partial charge is 0.335 e. The van der Waals surface area contributed by atoms with Crippen molar-refractivity contribution >= 4 is 17.6 Å². The minimum atomic E-state index is -0.957. The molecule has 0 unspecified atom stereocenters. The number of hydrogen-bond acceptors (Lipinski definition) is 2. The Morgan fingerprint density at radius 3 is 2.57 bits per heavy atom. The average Bonchev–Trinajstić information content (AvgIpc) is 2.17. The van der Waals surface area contributed by atoms with Gasteiger partial charge < -0.3 is 9.84 Å². The van der Waals surface area contributed by atoms with Crippen molar-refractivity contribution in [3.8, 4) is 0 Å². The van der Waals surface area contributed by atoms with Gasteiger partial charge in [0.1, 0.15) is 0 Å². The van der Waals surface area contributed by atoms with Crippen LogP contribution in [0.2, 0.25) is 0 Å². The molecule has 14 heavy (non-hydrogen) atoms. The Labute approximate surface area is 89.4 Å². The quantitative estimate of drug-likeness (QED) is 0.740. The Morgan fingerprint density at radius 2 is 2.14 bits per heavy atom. The highest BCUT2D eigenvalue weighted by atomic mass is 35.5. The molecule has 0 aromatic carbocycles. The Balaban J connectivity index is 2.58. The van der Waals surface area contributed by atoms with Crippen LogP contribution in [0.1, 0.15) is 32.6 Å². The largest absolute Gasteiger partial charge is 0.479 e. The molecule has 0 aromatic heterocycles. The van der Waals surface area contributed by atoms with Crippen LogP contribution in [0, 0.1) is 5.92 Å². The monoisotopic (exact) mass is 220 g/mol. The van der Waals surface area contributed by atoms with Crippen LogP contribution in [0.15, 0.2) is 0 Å². The Kier molecular flexibility index (Phi) is 4.20. The molecule has 0 aliphatic heterocycles. The van der Waals surface area contributed by atoms with E-state index in [0.717, 1.165) is 12.8 Å². The van der Waals surface area contributed by atoms with Crippen molar-refractivity contribution in [1.82, 2.24) is 0 Å². The number of rotatable bonds is 4. The number of carbonyl (C=O) groups is 1. The maximum absolute atomic E-state index is 11.1. The Hall–Kier alpha value is -0.280. The highest BCUT2D eigenvalue weighted by Crippen LogP contribution is 2.34. The second-order valence-corrected chi connectivity index (χ2v) is 4.40. The molecule has 4 heteroatoms. The van der Waals surface area contributed by atoms with Crippen LogP contribution in [0.25, 0.3) is 0 Å². The molecule has 82 valence electrons. The van der Waals surface area contributed by atoms with E-state index in [1.807, 2.05) is 0 Å². The van der Waals surface area contributed by atoms with Gasteiger partial charge in [0, 0.05) is 5.88 Å². The number of halogens is 1. The molecule has 0 radical (unpaired) electrons. The molecule has 1 aliphatic rings. The number of carboxylic acids is 1. The molecule has 1 rings (SSSR count). The zero-order chi connectivity index (χ0) is 10.6.